The topological polar surface area (TPSA) is 36.0 Å². The average molecular weight is 340 g/mol. The molecule has 2 fully saturated rings. The molecular formula is C19H37N3O2. The number of likely N-dealkylation sites (tertiary alicyclic amines) is 1. The lowest BCUT2D eigenvalue weighted by Gasteiger charge is -2.47. The van der Waals surface area contributed by atoms with Gasteiger partial charge in [0, 0.05) is 44.8 Å². The highest BCUT2D eigenvalue weighted by atomic mass is 16.6. The van der Waals surface area contributed by atoms with Crippen LogP contribution in [-0.2, 0) is 4.74 Å². The maximum absolute atomic E-state index is 12.4. The Morgan fingerprint density at radius 2 is 1.67 bits per heavy atom. The van der Waals surface area contributed by atoms with Crippen LogP contribution in [0, 0.1) is 0 Å². The monoisotopic (exact) mass is 339 g/mol. The molecule has 2 aliphatic heterocycles. The molecule has 0 aromatic heterocycles. The standard InChI is InChI=1S/C19H37N3O2/c1-6-19(22-15-13-20(7-2)14-16-22)9-8-11-21(12-10-19)17(23)24-18(3,4)5/h6-16H2,1-5H3. The second-order valence-corrected chi connectivity index (χ2v) is 8.32. The number of carbonyl (C=O) groups excluding carboxylic acids is 1. The zero-order chi connectivity index (χ0) is 17.8. The SMILES string of the molecule is CCN1CCN(C2(CC)CCCN(C(=O)OC(C)(C)C)CC2)CC1. The minimum atomic E-state index is -0.415. The number of likely N-dealkylation sites (N-methyl/N-ethyl adjacent to an activating group) is 1. The molecule has 0 aromatic carbocycles. The summed E-state index contributed by atoms with van der Waals surface area (Å²) in [6.45, 7) is 17.8. The Balaban J connectivity index is 1.97. The van der Waals surface area contributed by atoms with Crippen LogP contribution < -0.4 is 0 Å². The van der Waals surface area contributed by atoms with Crippen LogP contribution in [0.1, 0.15) is 60.3 Å². The molecule has 1 atom stereocenters. The third-order valence-electron chi connectivity index (χ3n) is 5.72. The molecule has 2 saturated heterocycles. The van der Waals surface area contributed by atoms with Gasteiger partial charge in [-0.3, -0.25) is 4.90 Å². The molecule has 0 saturated carbocycles. The molecule has 2 rings (SSSR count). The van der Waals surface area contributed by atoms with Crippen molar-refractivity contribution in [3.05, 3.63) is 0 Å². The summed E-state index contributed by atoms with van der Waals surface area (Å²) in [4.78, 5) is 19.6. The molecule has 0 spiro atoms. The van der Waals surface area contributed by atoms with Gasteiger partial charge in [-0.1, -0.05) is 13.8 Å². The first-order valence-electron chi connectivity index (χ1n) is 9.75. The van der Waals surface area contributed by atoms with Gasteiger partial charge < -0.3 is 14.5 Å². The van der Waals surface area contributed by atoms with E-state index in [1.807, 2.05) is 25.7 Å². The van der Waals surface area contributed by atoms with Gasteiger partial charge in [0.2, 0.25) is 0 Å². The van der Waals surface area contributed by atoms with E-state index < -0.39 is 5.60 Å². The summed E-state index contributed by atoms with van der Waals surface area (Å²) in [5, 5.41) is 0. The van der Waals surface area contributed by atoms with Gasteiger partial charge in [-0.25, -0.2) is 4.79 Å². The van der Waals surface area contributed by atoms with Crippen molar-refractivity contribution < 1.29 is 9.53 Å². The van der Waals surface area contributed by atoms with Crippen LogP contribution >= 0.6 is 0 Å². The van der Waals surface area contributed by atoms with Gasteiger partial charge in [0.25, 0.3) is 0 Å². The molecule has 2 aliphatic rings. The summed E-state index contributed by atoms with van der Waals surface area (Å²) in [7, 11) is 0. The second kappa shape index (κ2) is 8.05. The van der Waals surface area contributed by atoms with Gasteiger partial charge >= 0.3 is 6.09 Å². The Hall–Kier alpha value is -0.810. The first-order chi connectivity index (χ1) is 11.3. The molecule has 0 N–H and O–H groups in total. The van der Waals surface area contributed by atoms with E-state index in [-0.39, 0.29) is 11.6 Å². The highest BCUT2D eigenvalue weighted by molar-refractivity contribution is 5.68. The number of nitrogens with zero attached hydrogens (tertiary/aromatic N) is 3. The number of hydrogen-bond acceptors (Lipinski definition) is 4. The lowest BCUT2D eigenvalue weighted by atomic mass is 9.85. The molecule has 0 radical (unpaired) electrons. The molecule has 24 heavy (non-hydrogen) atoms. The average Bonchev–Trinajstić information content (AvgIpc) is 2.77. The number of rotatable bonds is 3. The lowest BCUT2D eigenvalue weighted by Crippen LogP contribution is -2.57. The van der Waals surface area contributed by atoms with Crippen molar-refractivity contribution in [3.8, 4) is 0 Å². The Kier molecular flexibility index (Phi) is 6.54. The Morgan fingerprint density at radius 1 is 1.00 bits per heavy atom. The van der Waals surface area contributed by atoms with Crippen molar-refractivity contribution >= 4 is 6.09 Å². The predicted octanol–water partition coefficient (Wildman–Crippen LogP) is 3.19. The third-order valence-corrected chi connectivity index (χ3v) is 5.72. The molecular weight excluding hydrogens is 302 g/mol. The minimum absolute atomic E-state index is 0.148. The van der Waals surface area contributed by atoms with Crippen LogP contribution in [-0.4, -0.2) is 77.7 Å². The summed E-state index contributed by atoms with van der Waals surface area (Å²) in [5.41, 5.74) is -0.154. The number of hydrogen-bond donors (Lipinski definition) is 0. The third kappa shape index (κ3) is 4.85. The molecule has 140 valence electrons. The van der Waals surface area contributed by atoms with Gasteiger partial charge in [-0.05, 0) is 53.0 Å². The molecule has 5 nitrogen and oxygen atoms in total. The predicted molar refractivity (Wildman–Crippen MR) is 98.4 cm³/mol. The fourth-order valence-corrected chi connectivity index (χ4v) is 4.12. The summed E-state index contributed by atoms with van der Waals surface area (Å²) in [5.74, 6) is 0. The fourth-order valence-electron chi connectivity index (χ4n) is 4.12. The minimum Gasteiger partial charge on any atom is -0.444 e. The zero-order valence-electron chi connectivity index (χ0n) is 16.4. The maximum atomic E-state index is 12.4. The zero-order valence-corrected chi connectivity index (χ0v) is 16.4. The molecule has 1 unspecified atom stereocenters. The largest absolute Gasteiger partial charge is 0.444 e. The Bertz CT molecular complexity index is 413. The first-order valence-corrected chi connectivity index (χ1v) is 9.75. The summed E-state index contributed by atoms with van der Waals surface area (Å²) in [6.07, 6.45) is 4.34. The van der Waals surface area contributed by atoms with E-state index in [4.69, 9.17) is 4.74 Å². The second-order valence-electron chi connectivity index (χ2n) is 8.32. The lowest BCUT2D eigenvalue weighted by molar-refractivity contribution is 0.0139. The number of ether oxygens (including phenoxy) is 1. The number of amides is 1. The number of piperazine rings is 1. The Morgan fingerprint density at radius 3 is 2.21 bits per heavy atom. The molecule has 0 bridgehead atoms. The van der Waals surface area contributed by atoms with Gasteiger partial charge in [-0.15, -0.1) is 0 Å². The van der Waals surface area contributed by atoms with Crippen molar-refractivity contribution in [3.63, 3.8) is 0 Å². The van der Waals surface area contributed by atoms with Crippen LogP contribution in [0.4, 0.5) is 4.79 Å². The van der Waals surface area contributed by atoms with E-state index in [0.29, 0.717) is 0 Å². The molecule has 0 aliphatic carbocycles. The summed E-state index contributed by atoms with van der Waals surface area (Å²) in [6, 6.07) is 0. The molecule has 0 aromatic rings. The van der Waals surface area contributed by atoms with Crippen LogP contribution in [0.3, 0.4) is 0 Å². The van der Waals surface area contributed by atoms with Gasteiger partial charge in [0.1, 0.15) is 5.60 Å². The van der Waals surface area contributed by atoms with Crippen molar-refractivity contribution in [1.82, 2.24) is 14.7 Å². The summed E-state index contributed by atoms with van der Waals surface area (Å²) >= 11 is 0. The molecule has 2 heterocycles. The highest BCUT2D eigenvalue weighted by Gasteiger charge is 2.39. The van der Waals surface area contributed by atoms with E-state index in [2.05, 4.69) is 23.6 Å². The highest BCUT2D eigenvalue weighted by Crippen LogP contribution is 2.33. The van der Waals surface area contributed by atoms with Crippen molar-refractivity contribution in [2.75, 3.05) is 45.8 Å². The fraction of sp³-hybridized carbons (Fsp3) is 0.947. The van der Waals surface area contributed by atoms with Gasteiger partial charge in [0.05, 0.1) is 0 Å². The summed E-state index contributed by atoms with van der Waals surface area (Å²) < 4.78 is 5.58. The maximum Gasteiger partial charge on any atom is 0.410 e. The van der Waals surface area contributed by atoms with Crippen LogP contribution in [0.15, 0.2) is 0 Å². The first kappa shape index (κ1) is 19.5. The molecule has 5 heteroatoms. The van der Waals surface area contributed by atoms with Crippen LogP contribution in [0.2, 0.25) is 0 Å². The van der Waals surface area contributed by atoms with Gasteiger partial charge in [0.15, 0.2) is 0 Å². The quantitative estimate of drug-likeness (QED) is 0.791. The van der Waals surface area contributed by atoms with Crippen molar-refractivity contribution in [2.24, 2.45) is 0 Å². The van der Waals surface area contributed by atoms with E-state index in [1.54, 1.807) is 0 Å². The van der Waals surface area contributed by atoms with E-state index in [1.165, 1.54) is 25.9 Å². The van der Waals surface area contributed by atoms with Crippen molar-refractivity contribution in [1.29, 1.82) is 0 Å². The molecule has 1 amide bonds. The van der Waals surface area contributed by atoms with Crippen LogP contribution in [0.5, 0.6) is 0 Å². The van der Waals surface area contributed by atoms with E-state index >= 15 is 0 Å². The Labute approximate surface area is 148 Å². The van der Waals surface area contributed by atoms with Gasteiger partial charge in [-0.2, -0.15) is 0 Å². The normalized spacial score (nSPS) is 27.8. The smallest absolute Gasteiger partial charge is 0.410 e. The van der Waals surface area contributed by atoms with E-state index in [0.717, 1.165) is 45.6 Å². The number of carbonyl (C=O) groups is 1. The van der Waals surface area contributed by atoms with Crippen molar-refractivity contribution in [2.45, 2.75) is 71.4 Å². The van der Waals surface area contributed by atoms with Crippen LogP contribution in [0.25, 0.3) is 0 Å². The van der Waals surface area contributed by atoms with E-state index in [9.17, 15) is 4.79 Å².